The van der Waals surface area contributed by atoms with E-state index in [1.54, 1.807) is 12.3 Å². The average molecular weight is 327 g/mol. The third kappa shape index (κ3) is 3.17. The number of phenolic OH excluding ortho intramolecular Hbond substituents is 1. The molecule has 0 spiro atoms. The van der Waals surface area contributed by atoms with Gasteiger partial charge >= 0.3 is 5.97 Å². The maximum atomic E-state index is 12.3. The molecule has 0 fully saturated rings. The molecule has 1 aromatic carbocycles. The van der Waals surface area contributed by atoms with E-state index in [4.69, 9.17) is 0 Å². The van der Waals surface area contributed by atoms with Crippen molar-refractivity contribution in [3.05, 3.63) is 40.1 Å². The van der Waals surface area contributed by atoms with Crippen LogP contribution < -0.4 is 4.72 Å². The Labute approximate surface area is 126 Å². The Balaban J connectivity index is 2.39. The fraction of sp³-hybridized carbons (Fsp3) is 0.154. The molecule has 0 saturated carbocycles. The molecule has 6 nitrogen and oxygen atoms in total. The van der Waals surface area contributed by atoms with Crippen LogP contribution in [-0.4, -0.2) is 26.6 Å². The van der Waals surface area contributed by atoms with Crippen LogP contribution in [0.2, 0.25) is 0 Å². The number of anilines is 1. The Morgan fingerprint density at radius 2 is 1.90 bits per heavy atom. The van der Waals surface area contributed by atoms with Crippen LogP contribution in [0.25, 0.3) is 0 Å². The number of hydrogen-bond donors (Lipinski definition) is 2. The number of esters is 1. The Bertz CT molecular complexity index is 762. The number of ether oxygens (including phenoxy) is 1. The highest BCUT2D eigenvalue weighted by Gasteiger charge is 2.22. The summed E-state index contributed by atoms with van der Waals surface area (Å²) < 4.78 is 31.6. The molecule has 21 heavy (non-hydrogen) atoms. The zero-order chi connectivity index (χ0) is 15.6. The first-order valence-electron chi connectivity index (χ1n) is 5.83. The minimum Gasteiger partial charge on any atom is -0.508 e. The highest BCUT2D eigenvalue weighted by Crippen LogP contribution is 2.30. The van der Waals surface area contributed by atoms with Gasteiger partial charge in [-0.2, -0.15) is 0 Å². The average Bonchev–Trinajstić information content (AvgIpc) is 2.79. The van der Waals surface area contributed by atoms with Crippen molar-refractivity contribution in [1.82, 2.24) is 0 Å². The van der Waals surface area contributed by atoms with Crippen LogP contribution in [-0.2, 0) is 14.8 Å². The summed E-state index contributed by atoms with van der Waals surface area (Å²) in [6.45, 7) is 1.69. The number of nitrogens with one attached hydrogen (secondary N) is 1. The van der Waals surface area contributed by atoms with E-state index in [9.17, 15) is 18.3 Å². The van der Waals surface area contributed by atoms with Gasteiger partial charge in [0.2, 0.25) is 0 Å². The molecule has 0 aliphatic rings. The van der Waals surface area contributed by atoms with E-state index in [0.717, 1.165) is 11.3 Å². The predicted octanol–water partition coefficient (Wildman–Crippen LogP) is 2.35. The number of thiophene rings is 1. The van der Waals surface area contributed by atoms with Crippen molar-refractivity contribution in [3.63, 3.8) is 0 Å². The van der Waals surface area contributed by atoms with Gasteiger partial charge in [0.05, 0.1) is 17.7 Å². The molecule has 2 rings (SSSR count). The second kappa shape index (κ2) is 5.74. The van der Waals surface area contributed by atoms with Gasteiger partial charge in [-0.15, -0.1) is 11.3 Å². The fourth-order valence-electron chi connectivity index (χ4n) is 1.63. The number of aryl methyl sites for hydroxylation is 1. The molecule has 0 atom stereocenters. The SMILES string of the molecule is COC(=O)c1scc(C)c1NS(=O)(=O)c1ccc(O)cc1. The van der Waals surface area contributed by atoms with Crippen molar-refractivity contribution in [1.29, 1.82) is 0 Å². The van der Waals surface area contributed by atoms with Crippen LogP contribution in [0.3, 0.4) is 0 Å². The summed E-state index contributed by atoms with van der Waals surface area (Å²) in [5, 5.41) is 10.9. The van der Waals surface area contributed by atoms with E-state index in [0.29, 0.717) is 5.56 Å². The van der Waals surface area contributed by atoms with E-state index < -0.39 is 16.0 Å². The summed E-state index contributed by atoms with van der Waals surface area (Å²) in [5.41, 5.74) is 0.836. The lowest BCUT2D eigenvalue weighted by molar-refractivity contribution is 0.0607. The Hall–Kier alpha value is -2.06. The molecule has 0 radical (unpaired) electrons. The van der Waals surface area contributed by atoms with Gasteiger partial charge in [0.25, 0.3) is 10.0 Å². The van der Waals surface area contributed by atoms with Crippen molar-refractivity contribution < 1.29 is 23.1 Å². The second-order valence-electron chi connectivity index (χ2n) is 4.21. The molecule has 1 aromatic heterocycles. The molecule has 112 valence electrons. The zero-order valence-corrected chi connectivity index (χ0v) is 12.9. The molecular weight excluding hydrogens is 314 g/mol. The molecule has 0 aliphatic carbocycles. The lowest BCUT2D eigenvalue weighted by Crippen LogP contribution is -2.15. The van der Waals surface area contributed by atoms with Crippen LogP contribution in [0.4, 0.5) is 5.69 Å². The smallest absolute Gasteiger partial charge is 0.350 e. The molecule has 1 heterocycles. The second-order valence-corrected chi connectivity index (χ2v) is 6.78. The summed E-state index contributed by atoms with van der Waals surface area (Å²) >= 11 is 1.11. The van der Waals surface area contributed by atoms with E-state index in [-0.39, 0.29) is 21.2 Å². The van der Waals surface area contributed by atoms with Gasteiger partial charge in [-0.1, -0.05) is 0 Å². The first-order chi connectivity index (χ1) is 9.85. The van der Waals surface area contributed by atoms with Crippen molar-refractivity contribution >= 4 is 33.0 Å². The van der Waals surface area contributed by atoms with Crippen molar-refractivity contribution in [2.45, 2.75) is 11.8 Å². The largest absolute Gasteiger partial charge is 0.508 e. The fourth-order valence-corrected chi connectivity index (χ4v) is 3.76. The van der Waals surface area contributed by atoms with Crippen molar-refractivity contribution in [2.24, 2.45) is 0 Å². The number of sulfonamides is 1. The summed E-state index contributed by atoms with van der Waals surface area (Å²) in [6, 6.07) is 5.10. The highest BCUT2D eigenvalue weighted by atomic mass is 32.2. The lowest BCUT2D eigenvalue weighted by Gasteiger charge is -2.09. The first-order valence-corrected chi connectivity index (χ1v) is 8.19. The van der Waals surface area contributed by atoms with E-state index in [1.165, 1.54) is 31.4 Å². The van der Waals surface area contributed by atoms with Crippen LogP contribution in [0, 0.1) is 6.92 Å². The normalized spacial score (nSPS) is 11.1. The maximum Gasteiger partial charge on any atom is 0.350 e. The Morgan fingerprint density at radius 1 is 1.29 bits per heavy atom. The molecule has 2 N–H and O–H groups in total. The Kier molecular flexibility index (Phi) is 4.19. The van der Waals surface area contributed by atoms with E-state index >= 15 is 0 Å². The van der Waals surface area contributed by atoms with Crippen LogP contribution in [0.1, 0.15) is 15.2 Å². The molecule has 0 amide bonds. The van der Waals surface area contributed by atoms with Crippen LogP contribution in [0.15, 0.2) is 34.5 Å². The number of carbonyl (C=O) groups excluding carboxylic acids is 1. The van der Waals surface area contributed by atoms with Gasteiger partial charge in [-0.05, 0) is 42.1 Å². The highest BCUT2D eigenvalue weighted by molar-refractivity contribution is 7.92. The third-order valence-electron chi connectivity index (χ3n) is 2.73. The van der Waals surface area contributed by atoms with Gasteiger partial charge in [0.1, 0.15) is 10.6 Å². The van der Waals surface area contributed by atoms with Gasteiger partial charge in [-0.3, -0.25) is 4.72 Å². The molecular formula is C13H13NO5S2. The Morgan fingerprint density at radius 3 is 2.48 bits per heavy atom. The van der Waals surface area contributed by atoms with Crippen LogP contribution in [0.5, 0.6) is 5.75 Å². The van der Waals surface area contributed by atoms with Gasteiger partial charge in [-0.25, -0.2) is 13.2 Å². The quantitative estimate of drug-likeness (QED) is 0.841. The number of hydrogen-bond acceptors (Lipinski definition) is 6. The molecule has 8 heteroatoms. The van der Waals surface area contributed by atoms with Gasteiger partial charge < -0.3 is 9.84 Å². The van der Waals surface area contributed by atoms with Gasteiger partial charge in [0, 0.05) is 0 Å². The number of rotatable bonds is 4. The van der Waals surface area contributed by atoms with E-state index in [2.05, 4.69) is 9.46 Å². The topological polar surface area (TPSA) is 92.7 Å². The molecule has 2 aromatic rings. The number of aromatic hydroxyl groups is 1. The van der Waals surface area contributed by atoms with E-state index in [1.807, 2.05) is 0 Å². The van der Waals surface area contributed by atoms with Crippen LogP contribution >= 0.6 is 11.3 Å². The molecule has 0 aliphatic heterocycles. The number of carbonyl (C=O) groups is 1. The molecule has 0 saturated heterocycles. The number of benzene rings is 1. The third-order valence-corrected chi connectivity index (χ3v) is 5.17. The van der Waals surface area contributed by atoms with Crippen molar-refractivity contribution in [2.75, 3.05) is 11.8 Å². The lowest BCUT2D eigenvalue weighted by atomic mass is 10.3. The zero-order valence-electron chi connectivity index (χ0n) is 11.3. The molecule has 0 bridgehead atoms. The maximum absolute atomic E-state index is 12.3. The minimum absolute atomic E-state index is 0.0123. The van der Waals surface area contributed by atoms with Crippen molar-refractivity contribution in [3.8, 4) is 5.75 Å². The number of phenols is 1. The predicted molar refractivity (Wildman–Crippen MR) is 79.3 cm³/mol. The summed E-state index contributed by atoms with van der Waals surface area (Å²) in [4.78, 5) is 11.8. The molecule has 0 unspecified atom stereocenters. The number of methoxy groups -OCH3 is 1. The minimum atomic E-state index is -3.85. The summed E-state index contributed by atoms with van der Waals surface area (Å²) in [7, 11) is -2.62. The van der Waals surface area contributed by atoms with Gasteiger partial charge in [0.15, 0.2) is 0 Å². The summed E-state index contributed by atoms with van der Waals surface area (Å²) in [6.07, 6.45) is 0. The monoisotopic (exact) mass is 327 g/mol. The standard InChI is InChI=1S/C13H13NO5S2/c1-8-7-20-12(13(16)19-2)11(8)14-21(17,18)10-5-3-9(15)4-6-10/h3-7,14-15H,1-2H3. The summed E-state index contributed by atoms with van der Waals surface area (Å²) in [5.74, 6) is -0.632. The first kappa shape index (κ1) is 15.3.